The van der Waals surface area contributed by atoms with Crippen LogP contribution in [-0.4, -0.2) is 0 Å². The predicted octanol–water partition coefficient (Wildman–Crippen LogP) is 7.56. The molecule has 2 fully saturated rings. The first-order valence-electron chi connectivity index (χ1n) is 10.6. The van der Waals surface area contributed by atoms with Gasteiger partial charge in [0.2, 0.25) is 0 Å². The Kier molecular flexibility index (Phi) is 5.34. The summed E-state index contributed by atoms with van der Waals surface area (Å²) in [6.45, 7) is 6.04. The van der Waals surface area contributed by atoms with Gasteiger partial charge in [-0.25, -0.2) is 8.78 Å². The summed E-state index contributed by atoms with van der Waals surface area (Å²) in [5.74, 6) is 2.32. The van der Waals surface area contributed by atoms with Crippen molar-refractivity contribution >= 4 is 10.8 Å². The van der Waals surface area contributed by atoms with Crippen molar-refractivity contribution in [1.29, 1.82) is 0 Å². The summed E-state index contributed by atoms with van der Waals surface area (Å²) in [6.07, 6.45) is 10.5. The molecule has 2 saturated carbocycles. The van der Waals surface area contributed by atoms with Gasteiger partial charge >= 0.3 is 0 Å². The highest BCUT2D eigenvalue weighted by Gasteiger charge is 2.34. The molecule has 4 rings (SSSR count). The lowest BCUT2D eigenvalue weighted by atomic mass is 9.64. The van der Waals surface area contributed by atoms with E-state index >= 15 is 0 Å². The fourth-order valence-corrected chi connectivity index (χ4v) is 5.55. The molecule has 27 heavy (non-hydrogen) atoms. The topological polar surface area (TPSA) is 0 Å². The molecule has 0 aromatic heterocycles. The minimum atomic E-state index is -0.427. The predicted molar refractivity (Wildman–Crippen MR) is 109 cm³/mol. The van der Waals surface area contributed by atoms with E-state index in [9.17, 15) is 8.78 Å². The molecule has 0 heterocycles. The molecule has 4 unspecified atom stereocenters. The highest BCUT2D eigenvalue weighted by Crippen LogP contribution is 2.47. The number of hydrogen-bond donors (Lipinski definition) is 0. The van der Waals surface area contributed by atoms with Gasteiger partial charge in [-0.15, -0.1) is 6.58 Å². The molecule has 0 bridgehead atoms. The summed E-state index contributed by atoms with van der Waals surface area (Å²) >= 11 is 0. The third-order valence-corrected chi connectivity index (χ3v) is 7.09. The highest BCUT2D eigenvalue weighted by atomic mass is 19.1. The van der Waals surface area contributed by atoms with Gasteiger partial charge < -0.3 is 0 Å². The molecule has 4 atom stereocenters. The summed E-state index contributed by atoms with van der Waals surface area (Å²) in [5.41, 5.74) is 1.45. The molecule has 0 nitrogen and oxygen atoms in total. The minimum absolute atomic E-state index is 0.187. The molecule has 2 aromatic rings. The minimum Gasteiger partial charge on any atom is -0.207 e. The first-order chi connectivity index (χ1) is 13.1. The van der Waals surface area contributed by atoms with Crippen LogP contribution in [0.3, 0.4) is 0 Å². The summed E-state index contributed by atoms with van der Waals surface area (Å²) < 4.78 is 29.3. The first-order valence-corrected chi connectivity index (χ1v) is 10.6. The van der Waals surface area contributed by atoms with Gasteiger partial charge in [-0.05, 0) is 85.6 Å². The molecule has 0 N–H and O–H groups in total. The van der Waals surface area contributed by atoms with E-state index in [-0.39, 0.29) is 5.56 Å². The van der Waals surface area contributed by atoms with Crippen LogP contribution in [0.2, 0.25) is 0 Å². The Bertz CT molecular complexity index is 838. The van der Waals surface area contributed by atoms with Crippen molar-refractivity contribution in [2.75, 3.05) is 0 Å². The second-order valence-electron chi connectivity index (χ2n) is 8.91. The van der Waals surface area contributed by atoms with Crippen LogP contribution in [0.25, 0.3) is 10.8 Å². The molecule has 2 aromatic carbocycles. The SMILES string of the molecule is C=CCCc1c(F)cc2cc(C3CCC4CC(C)CCC4C3)ccc2c1F. The van der Waals surface area contributed by atoms with E-state index in [1.54, 1.807) is 6.08 Å². The molecular formula is C25H30F2. The van der Waals surface area contributed by atoms with Gasteiger partial charge in [0.15, 0.2) is 0 Å². The average molecular weight is 369 g/mol. The number of hydrogen-bond acceptors (Lipinski definition) is 0. The van der Waals surface area contributed by atoms with Gasteiger partial charge in [0, 0.05) is 10.9 Å². The standard InChI is InChI=1S/C25H30F2/c1-3-4-5-23-24(26)15-21-14-20(10-11-22(21)25(23)27)19-9-8-17-12-16(2)6-7-18(17)13-19/h3,10-11,14-19H,1,4-9,12-13H2,2H3. The summed E-state index contributed by atoms with van der Waals surface area (Å²) in [7, 11) is 0. The Morgan fingerprint density at radius 2 is 1.81 bits per heavy atom. The highest BCUT2D eigenvalue weighted by molar-refractivity contribution is 5.85. The van der Waals surface area contributed by atoms with Crippen LogP contribution in [0.15, 0.2) is 36.9 Å². The maximum atomic E-state index is 14.8. The Morgan fingerprint density at radius 1 is 1.04 bits per heavy atom. The van der Waals surface area contributed by atoms with Crippen LogP contribution in [-0.2, 0) is 6.42 Å². The van der Waals surface area contributed by atoms with Crippen molar-refractivity contribution in [1.82, 2.24) is 0 Å². The number of rotatable bonds is 4. The molecule has 2 aliphatic rings. The first kappa shape index (κ1) is 18.7. The number of halogens is 2. The van der Waals surface area contributed by atoms with Gasteiger partial charge in [0.05, 0.1) is 0 Å². The van der Waals surface area contributed by atoms with Gasteiger partial charge in [0.25, 0.3) is 0 Å². The fourth-order valence-electron chi connectivity index (χ4n) is 5.55. The third-order valence-electron chi connectivity index (χ3n) is 7.09. The van der Waals surface area contributed by atoms with Crippen molar-refractivity contribution in [2.24, 2.45) is 17.8 Å². The molecule has 144 valence electrons. The van der Waals surface area contributed by atoms with E-state index in [1.165, 1.54) is 50.2 Å². The van der Waals surface area contributed by atoms with E-state index in [0.717, 1.165) is 17.8 Å². The van der Waals surface area contributed by atoms with Crippen LogP contribution in [0.4, 0.5) is 8.78 Å². The fraction of sp³-hybridized carbons (Fsp3) is 0.520. The van der Waals surface area contributed by atoms with Crippen LogP contribution in [0.1, 0.15) is 68.9 Å². The lowest BCUT2D eigenvalue weighted by Gasteiger charge is -2.41. The zero-order valence-corrected chi connectivity index (χ0v) is 16.3. The zero-order valence-electron chi connectivity index (χ0n) is 16.3. The van der Waals surface area contributed by atoms with Crippen LogP contribution >= 0.6 is 0 Å². The average Bonchev–Trinajstić information content (AvgIpc) is 2.67. The maximum absolute atomic E-state index is 14.8. The molecule has 0 saturated heterocycles. The van der Waals surface area contributed by atoms with E-state index in [0.29, 0.717) is 29.5 Å². The van der Waals surface area contributed by atoms with Crippen molar-refractivity contribution in [3.05, 3.63) is 59.7 Å². The Labute approximate surface area is 161 Å². The summed E-state index contributed by atoms with van der Waals surface area (Å²) in [6, 6.07) is 7.51. The normalized spacial score (nSPS) is 28.1. The van der Waals surface area contributed by atoms with Crippen molar-refractivity contribution in [2.45, 2.75) is 64.2 Å². The summed E-state index contributed by atoms with van der Waals surface area (Å²) in [5, 5.41) is 1.24. The lowest BCUT2D eigenvalue weighted by Crippen LogP contribution is -2.29. The molecule has 0 amide bonds. The maximum Gasteiger partial charge on any atom is 0.137 e. The second kappa shape index (κ2) is 7.73. The molecule has 0 spiro atoms. The van der Waals surface area contributed by atoms with Gasteiger partial charge in [-0.1, -0.05) is 37.6 Å². The summed E-state index contributed by atoms with van der Waals surface area (Å²) in [4.78, 5) is 0. The number of fused-ring (bicyclic) bond motifs is 2. The lowest BCUT2D eigenvalue weighted by molar-refractivity contribution is 0.124. The van der Waals surface area contributed by atoms with Crippen molar-refractivity contribution in [3.8, 4) is 0 Å². The van der Waals surface area contributed by atoms with E-state index in [1.807, 2.05) is 12.1 Å². The van der Waals surface area contributed by atoms with Crippen molar-refractivity contribution < 1.29 is 8.78 Å². The van der Waals surface area contributed by atoms with Gasteiger partial charge in [-0.3, -0.25) is 0 Å². The number of benzene rings is 2. The third kappa shape index (κ3) is 3.68. The zero-order chi connectivity index (χ0) is 19.0. The quantitative estimate of drug-likeness (QED) is 0.489. The van der Waals surface area contributed by atoms with Crippen LogP contribution in [0, 0.1) is 29.4 Å². The van der Waals surface area contributed by atoms with Gasteiger partial charge in [-0.2, -0.15) is 0 Å². The van der Waals surface area contributed by atoms with Crippen molar-refractivity contribution in [3.63, 3.8) is 0 Å². The van der Waals surface area contributed by atoms with E-state index in [4.69, 9.17) is 0 Å². The monoisotopic (exact) mass is 368 g/mol. The molecular weight excluding hydrogens is 338 g/mol. The van der Waals surface area contributed by atoms with Crippen LogP contribution in [0.5, 0.6) is 0 Å². The van der Waals surface area contributed by atoms with Gasteiger partial charge in [0.1, 0.15) is 11.6 Å². The smallest absolute Gasteiger partial charge is 0.137 e. The van der Waals surface area contributed by atoms with Crippen LogP contribution < -0.4 is 0 Å². The van der Waals surface area contributed by atoms with E-state index < -0.39 is 11.6 Å². The molecule has 0 radical (unpaired) electrons. The largest absolute Gasteiger partial charge is 0.207 e. The molecule has 2 heteroatoms. The second-order valence-corrected chi connectivity index (χ2v) is 8.91. The van der Waals surface area contributed by atoms with E-state index in [2.05, 4.69) is 19.6 Å². The Hall–Kier alpha value is -1.70. The number of allylic oxidation sites excluding steroid dienone is 1. The Balaban J connectivity index is 1.59. The Morgan fingerprint density at radius 3 is 2.63 bits per heavy atom. The molecule has 0 aliphatic heterocycles. The molecule has 2 aliphatic carbocycles.